The number of aliphatic hydroxyl groups is 2. The minimum Gasteiger partial charge on any atom is -0.396 e. The zero-order valence-electron chi connectivity index (χ0n) is 14.7. The Morgan fingerprint density at radius 3 is 1.22 bits per heavy atom. The molecule has 0 aliphatic heterocycles. The van der Waals surface area contributed by atoms with Crippen molar-refractivity contribution < 1.29 is 55.5 Å². The lowest BCUT2D eigenvalue weighted by atomic mass is 10.2. The molecule has 0 heterocycles. The van der Waals surface area contributed by atoms with Crippen molar-refractivity contribution in [2.24, 2.45) is 11.8 Å². The fourth-order valence-corrected chi connectivity index (χ4v) is 1.75. The first kappa shape index (κ1) is 26.3. The molecule has 0 aliphatic rings. The molecular formula is C15H26F6O6. The minimum atomic E-state index is -4.43. The summed E-state index contributed by atoms with van der Waals surface area (Å²) in [6, 6.07) is 0. The van der Waals surface area contributed by atoms with Gasteiger partial charge in [0.1, 0.15) is 13.2 Å². The molecule has 27 heavy (non-hydrogen) atoms. The summed E-state index contributed by atoms with van der Waals surface area (Å²) >= 11 is 0. The zero-order valence-corrected chi connectivity index (χ0v) is 14.7. The molecule has 0 aromatic heterocycles. The van der Waals surface area contributed by atoms with Crippen LogP contribution in [0.2, 0.25) is 0 Å². The van der Waals surface area contributed by atoms with Gasteiger partial charge in [-0.1, -0.05) is 0 Å². The van der Waals surface area contributed by atoms with E-state index < -0.39 is 37.4 Å². The highest BCUT2D eigenvalue weighted by molar-refractivity contribution is 4.58. The standard InChI is InChI=1S/C15H26F6O6/c16-14(17,18)10-26-8-12(4-22)6-24-2-1-3-25-7-13(5-23)9-27-11-15(19,20)21/h12-13,22-23H,1-11H2. The van der Waals surface area contributed by atoms with Gasteiger partial charge in [-0.05, 0) is 6.42 Å². The second-order valence-electron chi connectivity index (χ2n) is 5.86. The van der Waals surface area contributed by atoms with E-state index in [4.69, 9.17) is 19.7 Å². The number of rotatable bonds is 16. The average molecular weight is 416 g/mol. The van der Waals surface area contributed by atoms with Crippen molar-refractivity contribution in [2.45, 2.75) is 18.8 Å². The second-order valence-corrected chi connectivity index (χ2v) is 5.86. The van der Waals surface area contributed by atoms with E-state index >= 15 is 0 Å². The summed E-state index contributed by atoms with van der Waals surface area (Å²) in [6.45, 7) is -3.68. The topological polar surface area (TPSA) is 77.4 Å². The van der Waals surface area contributed by atoms with Crippen molar-refractivity contribution in [3.05, 3.63) is 0 Å². The van der Waals surface area contributed by atoms with Crippen molar-refractivity contribution in [3.63, 3.8) is 0 Å². The fourth-order valence-electron chi connectivity index (χ4n) is 1.75. The molecule has 0 bridgehead atoms. The van der Waals surface area contributed by atoms with Crippen molar-refractivity contribution in [3.8, 4) is 0 Å². The summed E-state index contributed by atoms with van der Waals surface area (Å²) in [4.78, 5) is 0. The van der Waals surface area contributed by atoms with E-state index in [-0.39, 0.29) is 52.9 Å². The quantitative estimate of drug-likeness (QED) is 0.295. The predicted octanol–water partition coefficient (Wildman–Crippen LogP) is 1.78. The predicted molar refractivity (Wildman–Crippen MR) is 81.2 cm³/mol. The molecule has 6 nitrogen and oxygen atoms in total. The van der Waals surface area contributed by atoms with Gasteiger partial charge in [0.05, 0.1) is 39.6 Å². The van der Waals surface area contributed by atoms with Crippen LogP contribution in [0.4, 0.5) is 26.3 Å². The Bertz CT molecular complexity index is 321. The summed E-state index contributed by atoms with van der Waals surface area (Å²) in [6.07, 6.45) is -8.44. The highest BCUT2D eigenvalue weighted by Gasteiger charge is 2.28. The van der Waals surface area contributed by atoms with Gasteiger partial charge in [0.25, 0.3) is 0 Å². The number of aliphatic hydroxyl groups excluding tert-OH is 2. The Kier molecular flexibility index (Phi) is 14.0. The third-order valence-corrected chi connectivity index (χ3v) is 3.04. The molecule has 12 heteroatoms. The van der Waals surface area contributed by atoms with Crippen molar-refractivity contribution in [1.82, 2.24) is 0 Å². The summed E-state index contributed by atoms with van der Waals surface area (Å²) in [7, 11) is 0. The van der Waals surface area contributed by atoms with Crippen LogP contribution in [0.15, 0.2) is 0 Å². The van der Waals surface area contributed by atoms with Crippen LogP contribution in [0.5, 0.6) is 0 Å². The highest BCUT2D eigenvalue weighted by Crippen LogP contribution is 2.16. The Morgan fingerprint density at radius 2 is 0.926 bits per heavy atom. The maximum absolute atomic E-state index is 11.9. The number of halogens is 6. The fraction of sp³-hybridized carbons (Fsp3) is 1.00. The van der Waals surface area contributed by atoms with E-state index in [1.807, 2.05) is 0 Å². The molecule has 164 valence electrons. The Morgan fingerprint density at radius 1 is 0.593 bits per heavy atom. The average Bonchev–Trinajstić information content (AvgIpc) is 2.55. The molecule has 0 rings (SSSR count). The monoisotopic (exact) mass is 416 g/mol. The smallest absolute Gasteiger partial charge is 0.396 e. The molecule has 0 saturated carbocycles. The van der Waals surface area contributed by atoms with Crippen molar-refractivity contribution in [1.29, 1.82) is 0 Å². The molecule has 0 radical (unpaired) electrons. The van der Waals surface area contributed by atoms with Gasteiger partial charge in [-0.25, -0.2) is 0 Å². The summed E-state index contributed by atoms with van der Waals surface area (Å²) in [5.41, 5.74) is 0. The molecule has 0 aromatic carbocycles. The zero-order chi connectivity index (χ0) is 20.8. The highest BCUT2D eigenvalue weighted by atomic mass is 19.4. The first-order chi connectivity index (χ1) is 12.6. The lowest BCUT2D eigenvalue weighted by molar-refractivity contribution is -0.178. The number of hydrogen-bond acceptors (Lipinski definition) is 6. The second kappa shape index (κ2) is 14.4. The van der Waals surface area contributed by atoms with Crippen LogP contribution in [0.25, 0.3) is 0 Å². The van der Waals surface area contributed by atoms with Gasteiger partial charge in [-0.3, -0.25) is 0 Å². The van der Waals surface area contributed by atoms with E-state index in [0.29, 0.717) is 6.42 Å². The van der Waals surface area contributed by atoms with Gasteiger partial charge in [0.15, 0.2) is 0 Å². The molecule has 0 aromatic rings. The lowest BCUT2D eigenvalue weighted by Crippen LogP contribution is -2.25. The Hall–Kier alpha value is -0.660. The SMILES string of the molecule is OCC(COCCCOCC(CO)COCC(F)(F)F)COCC(F)(F)F. The summed E-state index contributed by atoms with van der Waals surface area (Å²) < 4.78 is 90.9. The summed E-state index contributed by atoms with van der Waals surface area (Å²) in [5.74, 6) is -1.17. The molecule has 0 aliphatic carbocycles. The van der Waals surface area contributed by atoms with Gasteiger partial charge in [0, 0.05) is 25.0 Å². The van der Waals surface area contributed by atoms with Crippen molar-refractivity contribution >= 4 is 0 Å². The van der Waals surface area contributed by atoms with E-state index in [1.165, 1.54) is 0 Å². The van der Waals surface area contributed by atoms with Crippen LogP contribution in [0.3, 0.4) is 0 Å². The molecule has 0 saturated heterocycles. The van der Waals surface area contributed by atoms with E-state index in [9.17, 15) is 26.3 Å². The molecule has 0 fully saturated rings. The first-order valence-corrected chi connectivity index (χ1v) is 8.23. The van der Waals surface area contributed by atoms with Crippen LogP contribution >= 0.6 is 0 Å². The van der Waals surface area contributed by atoms with Crippen LogP contribution < -0.4 is 0 Å². The van der Waals surface area contributed by atoms with Crippen molar-refractivity contribution in [2.75, 3.05) is 66.1 Å². The number of alkyl halides is 6. The minimum absolute atomic E-state index is 0.0128. The van der Waals surface area contributed by atoms with Crippen LogP contribution in [0.1, 0.15) is 6.42 Å². The van der Waals surface area contributed by atoms with Gasteiger partial charge in [-0.15, -0.1) is 0 Å². The van der Waals surface area contributed by atoms with E-state index in [1.54, 1.807) is 0 Å². The van der Waals surface area contributed by atoms with E-state index in [2.05, 4.69) is 9.47 Å². The molecule has 2 atom stereocenters. The lowest BCUT2D eigenvalue weighted by Gasteiger charge is -2.17. The molecule has 2 N–H and O–H groups in total. The first-order valence-electron chi connectivity index (χ1n) is 8.23. The molecule has 2 unspecified atom stereocenters. The third kappa shape index (κ3) is 18.5. The number of hydrogen-bond donors (Lipinski definition) is 2. The maximum atomic E-state index is 11.9. The van der Waals surface area contributed by atoms with Gasteiger partial charge < -0.3 is 29.2 Å². The largest absolute Gasteiger partial charge is 0.411 e. The molecule has 0 spiro atoms. The third-order valence-electron chi connectivity index (χ3n) is 3.04. The van der Waals surface area contributed by atoms with Gasteiger partial charge >= 0.3 is 12.4 Å². The van der Waals surface area contributed by atoms with Gasteiger partial charge in [0.2, 0.25) is 0 Å². The van der Waals surface area contributed by atoms with Crippen LogP contribution in [0, 0.1) is 11.8 Å². The maximum Gasteiger partial charge on any atom is 0.411 e. The van der Waals surface area contributed by atoms with Crippen LogP contribution in [-0.4, -0.2) is 88.6 Å². The number of ether oxygens (including phenoxy) is 4. The molecular weight excluding hydrogens is 390 g/mol. The van der Waals surface area contributed by atoms with E-state index in [0.717, 1.165) is 0 Å². The normalized spacial score (nSPS) is 15.1. The van der Waals surface area contributed by atoms with Crippen LogP contribution in [-0.2, 0) is 18.9 Å². The summed E-state index contributed by atoms with van der Waals surface area (Å²) in [5, 5.41) is 18.1. The Balaban J connectivity index is 3.65. The molecule has 0 amide bonds. The van der Waals surface area contributed by atoms with Gasteiger partial charge in [-0.2, -0.15) is 26.3 Å². The Labute approximate surface area is 153 Å².